The molecule has 2 rings (SSSR count). The van der Waals surface area contributed by atoms with Gasteiger partial charge in [0.1, 0.15) is 0 Å². The molecule has 1 aromatic rings. The summed E-state index contributed by atoms with van der Waals surface area (Å²) in [5, 5.41) is 3.88. The zero-order valence-electron chi connectivity index (χ0n) is 7.58. The topological polar surface area (TPSA) is 38.9 Å². The molecule has 1 saturated carbocycles. The maximum atomic E-state index is 5.15. The third-order valence-electron chi connectivity index (χ3n) is 2.52. The van der Waals surface area contributed by atoms with E-state index in [1.807, 2.05) is 6.92 Å². The fraction of sp³-hybridized carbons (Fsp3) is 0.778. The van der Waals surface area contributed by atoms with Gasteiger partial charge < -0.3 is 4.52 Å². The minimum absolute atomic E-state index is 0.549. The fourth-order valence-corrected chi connectivity index (χ4v) is 1.68. The first-order valence-electron chi connectivity index (χ1n) is 4.62. The van der Waals surface area contributed by atoms with Crippen LogP contribution in [0.25, 0.3) is 0 Å². The number of hydrogen-bond donors (Lipinski definition) is 0. The van der Waals surface area contributed by atoms with Gasteiger partial charge in [-0.2, -0.15) is 4.98 Å². The summed E-state index contributed by atoms with van der Waals surface area (Å²) in [5.74, 6) is 3.08. The molecule has 66 valence electrons. The summed E-state index contributed by atoms with van der Waals surface area (Å²) < 4.78 is 5.15. The summed E-state index contributed by atoms with van der Waals surface area (Å²) in [7, 11) is 0. The van der Waals surface area contributed by atoms with E-state index in [2.05, 4.69) is 17.1 Å². The molecule has 0 spiro atoms. The van der Waals surface area contributed by atoms with E-state index in [9.17, 15) is 0 Å². The summed E-state index contributed by atoms with van der Waals surface area (Å²) in [5.41, 5.74) is 0. The zero-order chi connectivity index (χ0) is 8.55. The first-order valence-corrected chi connectivity index (χ1v) is 4.62. The Labute approximate surface area is 72.2 Å². The zero-order valence-corrected chi connectivity index (χ0v) is 7.58. The molecule has 0 aromatic carbocycles. The Hall–Kier alpha value is -0.860. The molecule has 3 heteroatoms. The largest absolute Gasteiger partial charge is 0.339 e. The lowest BCUT2D eigenvalue weighted by Gasteiger charge is -2.29. The lowest BCUT2D eigenvalue weighted by Crippen LogP contribution is -2.19. The quantitative estimate of drug-likeness (QED) is 0.675. The summed E-state index contributed by atoms with van der Waals surface area (Å²) in [6.07, 6.45) is 3.29. The highest BCUT2D eigenvalue weighted by Crippen LogP contribution is 2.40. The highest BCUT2D eigenvalue weighted by Gasteiger charge is 2.31. The monoisotopic (exact) mass is 166 g/mol. The van der Waals surface area contributed by atoms with Crippen LogP contribution in [-0.2, 0) is 6.42 Å². The van der Waals surface area contributed by atoms with Gasteiger partial charge in [-0.3, -0.25) is 0 Å². The average Bonchev–Trinajstić information content (AvgIpc) is 2.46. The smallest absolute Gasteiger partial charge is 0.229 e. The van der Waals surface area contributed by atoms with Gasteiger partial charge >= 0.3 is 0 Å². The van der Waals surface area contributed by atoms with Crippen LogP contribution in [0.4, 0.5) is 0 Å². The Morgan fingerprint density at radius 3 is 2.75 bits per heavy atom. The van der Waals surface area contributed by atoms with Crippen molar-refractivity contribution in [1.29, 1.82) is 0 Å². The lowest BCUT2D eigenvalue weighted by atomic mass is 9.76. The molecule has 0 unspecified atom stereocenters. The van der Waals surface area contributed by atoms with Crippen molar-refractivity contribution in [3.05, 3.63) is 11.7 Å². The molecule has 0 bridgehead atoms. The lowest BCUT2D eigenvalue weighted by molar-refractivity contribution is 0.227. The van der Waals surface area contributed by atoms with E-state index < -0.39 is 0 Å². The summed E-state index contributed by atoms with van der Waals surface area (Å²) in [4.78, 5) is 4.31. The van der Waals surface area contributed by atoms with Crippen LogP contribution in [-0.4, -0.2) is 10.1 Å². The molecule has 0 aliphatic heterocycles. The van der Waals surface area contributed by atoms with Crippen molar-refractivity contribution in [3.63, 3.8) is 0 Å². The highest BCUT2D eigenvalue weighted by molar-refractivity contribution is 4.99. The van der Waals surface area contributed by atoms with E-state index in [4.69, 9.17) is 4.52 Å². The normalized spacial score (nSPS) is 28.5. The van der Waals surface area contributed by atoms with Crippen LogP contribution in [0.1, 0.15) is 44.3 Å². The number of aromatic nitrogens is 2. The van der Waals surface area contributed by atoms with Gasteiger partial charge in [-0.1, -0.05) is 19.0 Å². The molecule has 0 radical (unpaired) electrons. The van der Waals surface area contributed by atoms with Crippen molar-refractivity contribution in [2.75, 3.05) is 0 Å². The minimum Gasteiger partial charge on any atom is -0.339 e. The second kappa shape index (κ2) is 2.88. The molecule has 0 atom stereocenters. The van der Waals surface area contributed by atoms with Gasteiger partial charge in [-0.15, -0.1) is 0 Å². The maximum absolute atomic E-state index is 5.15. The highest BCUT2D eigenvalue weighted by atomic mass is 16.5. The molecular formula is C9H14N2O. The van der Waals surface area contributed by atoms with E-state index in [1.165, 1.54) is 12.8 Å². The van der Waals surface area contributed by atoms with Gasteiger partial charge in [0.15, 0.2) is 5.82 Å². The average molecular weight is 166 g/mol. The van der Waals surface area contributed by atoms with Crippen LogP contribution >= 0.6 is 0 Å². The van der Waals surface area contributed by atoms with Crippen molar-refractivity contribution in [2.45, 2.75) is 39.0 Å². The second-order valence-corrected chi connectivity index (χ2v) is 3.68. The summed E-state index contributed by atoms with van der Waals surface area (Å²) in [6.45, 7) is 4.30. The van der Waals surface area contributed by atoms with E-state index in [0.717, 1.165) is 24.1 Å². The molecule has 0 N–H and O–H groups in total. The van der Waals surface area contributed by atoms with Gasteiger partial charge in [-0.25, -0.2) is 0 Å². The predicted molar refractivity (Wildman–Crippen MR) is 44.8 cm³/mol. The standard InChI is InChI=1S/C9H14N2O/c1-3-8-10-9(12-11-8)7-4-6(2)5-7/h6-7H,3-5H2,1-2H3. The molecule has 0 amide bonds. The Kier molecular flexibility index (Phi) is 1.87. The Bertz CT molecular complexity index is 263. The van der Waals surface area contributed by atoms with Crippen LogP contribution in [0.3, 0.4) is 0 Å². The number of aryl methyl sites for hydroxylation is 1. The SMILES string of the molecule is CCc1noc(C2CC(C)C2)n1. The molecule has 3 nitrogen and oxygen atoms in total. The van der Waals surface area contributed by atoms with Crippen LogP contribution in [0.5, 0.6) is 0 Å². The molecule has 1 aromatic heterocycles. The van der Waals surface area contributed by atoms with Gasteiger partial charge in [0.2, 0.25) is 5.89 Å². The van der Waals surface area contributed by atoms with Gasteiger partial charge in [-0.05, 0) is 18.8 Å². The fourth-order valence-electron chi connectivity index (χ4n) is 1.68. The Morgan fingerprint density at radius 2 is 2.25 bits per heavy atom. The summed E-state index contributed by atoms with van der Waals surface area (Å²) in [6, 6.07) is 0. The maximum Gasteiger partial charge on any atom is 0.229 e. The first-order chi connectivity index (χ1) is 5.79. The van der Waals surface area contributed by atoms with Crippen LogP contribution < -0.4 is 0 Å². The third kappa shape index (κ3) is 1.24. The van der Waals surface area contributed by atoms with Crippen molar-refractivity contribution in [2.24, 2.45) is 5.92 Å². The van der Waals surface area contributed by atoms with Crippen LogP contribution in [0, 0.1) is 5.92 Å². The minimum atomic E-state index is 0.549. The molecule has 12 heavy (non-hydrogen) atoms. The number of nitrogens with zero attached hydrogens (tertiary/aromatic N) is 2. The third-order valence-corrected chi connectivity index (χ3v) is 2.52. The number of hydrogen-bond acceptors (Lipinski definition) is 3. The van der Waals surface area contributed by atoms with Crippen LogP contribution in [0.2, 0.25) is 0 Å². The van der Waals surface area contributed by atoms with Gasteiger partial charge in [0, 0.05) is 12.3 Å². The van der Waals surface area contributed by atoms with E-state index in [0.29, 0.717) is 5.92 Å². The van der Waals surface area contributed by atoms with Gasteiger partial charge in [0.25, 0.3) is 0 Å². The van der Waals surface area contributed by atoms with Crippen LogP contribution in [0.15, 0.2) is 4.52 Å². The van der Waals surface area contributed by atoms with Crippen molar-refractivity contribution >= 4 is 0 Å². The van der Waals surface area contributed by atoms with Crippen molar-refractivity contribution < 1.29 is 4.52 Å². The van der Waals surface area contributed by atoms with Crippen molar-refractivity contribution in [3.8, 4) is 0 Å². The summed E-state index contributed by atoms with van der Waals surface area (Å²) >= 11 is 0. The molecule has 1 heterocycles. The van der Waals surface area contributed by atoms with E-state index in [-0.39, 0.29) is 0 Å². The molecular weight excluding hydrogens is 152 g/mol. The van der Waals surface area contributed by atoms with E-state index >= 15 is 0 Å². The van der Waals surface area contributed by atoms with Gasteiger partial charge in [0.05, 0.1) is 0 Å². The molecule has 1 fully saturated rings. The van der Waals surface area contributed by atoms with Crippen molar-refractivity contribution in [1.82, 2.24) is 10.1 Å². The predicted octanol–water partition coefficient (Wildman–Crippen LogP) is 2.15. The number of rotatable bonds is 2. The molecule has 1 aliphatic rings. The first kappa shape index (κ1) is 7.77. The van der Waals surface area contributed by atoms with E-state index in [1.54, 1.807) is 0 Å². The second-order valence-electron chi connectivity index (χ2n) is 3.68. The Balaban J connectivity index is 2.04. The molecule has 0 saturated heterocycles. The Morgan fingerprint density at radius 1 is 1.50 bits per heavy atom. The molecule has 1 aliphatic carbocycles.